The summed E-state index contributed by atoms with van der Waals surface area (Å²) in [5.74, 6) is 0.753. The molecule has 2 aliphatic carbocycles. The lowest BCUT2D eigenvalue weighted by Crippen LogP contribution is -2.47. The first kappa shape index (κ1) is 14.9. The van der Waals surface area contributed by atoms with E-state index in [1.807, 2.05) is 0 Å². The number of rotatable bonds is 4. The number of nitrogens with one attached hydrogen (secondary N) is 1. The predicted octanol–water partition coefficient (Wildman–Crippen LogP) is 4.96. The van der Waals surface area contributed by atoms with Crippen molar-refractivity contribution >= 4 is 27.7 Å². The summed E-state index contributed by atoms with van der Waals surface area (Å²) in [7, 11) is 0. The topological polar surface area (TPSA) is 12.0 Å². The standard InChI is InChI=1S/C17H24BrNS/c1-20-15-6-4-5-13(11-15)19-14-9-12(10-14)16-7-2-3-8-17(16)18/h2-3,7-8,12-15,19H,4-6,9-11H2,1H3. The molecular weight excluding hydrogens is 330 g/mol. The third-order valence-electron chi connectivity index (χ3n) is 4.91. The van der Waals surface area contributed by atoms with Crippen molar-refractivity contribution in [3.8, 4) is 0 Å². The quantitative estimate of drug-likeness (QED) is 0.820. The molecule has 1 nitrogen and oxygen atoms in total. The van der Waals surface area contributed by atoms with Gasteiger partial charge < -0.3 is 5.32 Å². The fourth-order valence-corrected chi connectivity index (χ4v) is 5.09. The zero-order valence-corrected chi connectivity index (χ0v) is 14.6. The van der Waals surface area contributed by atoms with Crippen LogP contribution >= 0.6 is 27.7 Å². The molecule has 20 heavy (non-hydrogen) atoms. The Hall–Kier alpha value is 0.01000. The molecule has 0 aromatic heterocycles. The van der Waals surface area contributed by atoms with E-state index in [1.54, 1.807) is 0 Å². The Morgan fingerprint density at radius 2 is 1.90 bits per heavy atom. The summed E-state index contributed by atoms with van der Waals surface area (Å²) in [5.41, 5.74) is 1.50. The maximum atomic E-state index is 3.91. The van der Waals surface area contributed by atoms with Gasteiger partial charge in [0.25, 0.3) is 0 Å². The first-order chi connectivity index (χ1) is 9.76. The molecule has 2 unspecified atom stereocenters. The minimum atomic E-state index is 0.748. The van der Waals surface area contributed by atoms with Crippen molar-refractivity contribution in [1.29, 1.82) is 0 Å². The molecular formula is C17H24BrNS. The summed E-state index contributed by atoms with van der Waals surface area (Å²) in [6.45, 7) is 0. The van der Waals surface area contributed by atoms with Gasteiger partial charge in [0.2, 0.25) is 0 Å². The minimum Gasteiger partial charge on any atom is -0.311 e. The van der Waals surface area contributed by atoms with Gasteiger partial charge in [-0.1, -0.05) is 40.5 Å². The van der Waals surface area contributed by atoms with Gasteiger partial charge in [-0.25, -0.2) is 0 Å². The second-order valence-corrected chi connectivity index (χ2v) is 8.27. The Labute approximate surface area is 135 Å². The van der Waals surface area contributed by atoms with Gasteiger partial charge in [0.05, 0.1) is 0 Å². The highest BCUT2D eigenvalue weighted by Gasteiger charge is 2.33. The van der Waals surface area contributed by atoms with E-state index in [1.165, 1.54) is 48.6 Å². The Morgan fingerprint density at radius 1 is 1.10 bits per heavy atom. The second kappa shape index (κ2) is 6.85. The number of benzene rings is 1. The zero-order valence-electron chi connectivity index (χ0n) is 12.1. The molecule has 3 heteroatoms. The van der Waals surface area contributed by atoms with Crippen molar-refractivity contribution in [3.05, 3.63) is 34.3 Å². The Bertz CT molecular complexity index is 444. The van der Waals surface area contributed by atoms with Crippen molar-refractivity contribution in [1.82, 2.24) is 5.32 Å². The van der Waals surface area contributed by atoms with E-state index < -0.39 is 0 Å². The summed E-state index contributed by atoms with van der Waals surface area (Å²) >= 11 is 5.74. The van der Waals surface area contributed by atoms with Crippen LogP contribution in [0.4, 0.5) is 0 Å². The minimum absolute atomic E-state index is 0.748. The summed E-state index contributed by atoms with van der Waals surface area (Å²) < 4.78 is 1.28. The molecule has 3 rings (SSSR count). The average molecular weight is 354 g/mol. The van der Waals surface area contributed by atoms with Crippen LogP contribution in [0.1, 0.15) is 50.0 Å². The van der Waals surface area contributed by atoms with Crippen molar-refractivity contribution in [2.24, 2.45) is 0 Å². The van der Waals surface area contributed by atoms with Crippen molar-refractivity contribution in [3.63, 3.8) is 0 Å². The van der Waals surface area contributed by atoms with Crippen LogP contribution in [-0.4, -0.2) is 23.6 Å². The van der Waals surface area contributed by atoms with Gasteiger partial charge in [0, 0.05) is 21.8 Å². The smallest absolute Gasteiger partial charge is 0.0210 e. The maximum absolute atomic E-state index is 3.91. The molecule has 1 aromatic carbocycles. The molecule has 0 saturated heterocycles. The SMILES string of the molecule is CSC1CCCC(NC2CC(c3ccccc3Br)C2)C1. The third kappa shape index (κ3) is 3.42. The van der Waals surface area contributed by atoms with Crippen LogP contribution < -0.4 is 5.32 Å². The van der Waals surface area contributed by atoms with Gasteiger partial charge in [-0.3, -0.25) is 0 Å². The maximum Gasteiger partial charge on any atom is 0.0210 e. The van der Waals surface area contributed by atoms with E-state index in [0.717, 1.165) is 23.3 Å². The van der Waals surface area contributed by atoms with Crippen LogP contribution in [0.2, 0.25) is 0 Å². The highest BCUT2D eigenvalue weighted by atomic mass is 79.9. The molecule has 110 valence electrons. The van der Waals surface area contributed by atoms with E-state index >= 15 is 0 Å². The summed E-state index contributed by atoms with van der Waals surface area (Å²) in [5, 5.41) is 4.80. The highest BCUT2D eigenvalue weighted by molar-refractivity contribution is 9.10. The predicted molar refractivity (Wildman–Crippen MR) is 92.6 cm³/mol. The molecule has 2 atom stereocenters. The first-order valence-electron chi connectivity index (χ1n) is 7.79. The van der Waals surface area contributed by atoms with Gasteiger partial charge in [-0.05, 0) is 55.9 Å². The van der Waals surface area contributed by atoms with Crippen LogP contribution in [0.25, 0.3) is 0 Å². The molecule has 0 spiro atoms. The van der Waals surface area contributed by atoms with Crippen LogP contribution in [0.5, 0.6) is 0 Å². The Balaban J connectivity index is 1.48. The Kier molecular flexibility index (Phi) is 5.11. The van der Waals surface area contributed by atoms with Gasteiger partial charge >= 0.3 is 0 Å². The molecule has 0 radical (unpaired) electrons. The first-order valence-corrected chi connectivity index (χ1v) is 9.87. The van der Waals surface area contributed by atoms with Crippen LogP contribution in [-0.2, 0) is 0 Å². The second-order valence-electron chi connectivity index (χ2n) is 6.27. The lowest BCUT2D eigenvalue weighted by atomic mass is 9.75. The van der Waals surface area contributed by atoms with Gasteiger partial charge in [0.15, 0.2) is 0 Å². The van der Waals surface area contributed by atoms with Crippen LogP contribution in [0.3, 0.4) is 0 Å². The van der Waals surface area contributed by atoms with Crippen molar-refractivity contribution < 1.29 is 0 Å². The van der Waals surface area contributed by atoms with E-state index in [9.17, 15) is 0 Å². The van der Waals surface area contributed by atoms with Crippen LogP contribution in [0.15, 0.2) is 28.7 Å². The zero-order chi connectivity index (χ0) is 13.9. The van der Waals surface area contributed by atoms with Crippen molar-refractivity contribution in [2.45, 2.75) is 61.8 Å². The number of hydrogen-bond donors (Lipinski definition) is 1. The van der Waals surface area contributed by atoms with E-state index in [0.29, 0.717) is 0 Å². The van der Waals surface area contributed by atoms with E-state index in [4.69, 9.17) is 0 Å². The summed E-state index contributed by atoms with van der Waals surface area (Å²) in [6, 6.07) is 10.2. The molecule has 1 N–H and O–H groups in total. The van der Waals surface area contributed by atoms with Gasteiger partial charge in [-0.2, -0.15) is 11.8 Å². The lowest BCUT2D eigenvalue weighted by Gasteiger charge is -2.41. The molecule has 2 aliphatic rings. The fourth-order valence-electron chi connectivity index (χ4n) is 3.66. The van der Waals surface area contributed by atoms with Crippen molar-refractivity contribution in [2.75, 3.05) is 6.26 Å². The van der Waals surface area contributed by atoms with Gasteiger partial charge in [0.1, 0.15) is 0 Å². The van der Waals surface area contributed by atoms with E-state index in [-0.39, 0.29) is 0 Å². The highest BCUT2D eigenvalue weighted by Crippen LogP contribution is 2.40. The van der Waals surface area contributed by atoms with Crippen LogP contribution in [0, 0.1) is 0 Å². The molecule has 0 aliphatic heterocycles. The molecule has 0 amide bonds. The molecule has 2 saturated carbocycles. The lowest BCUT2D eigenvalue weighted by molar-refractivity contribution is 0.240. The normalized spacial score (nSPS) is 33.7. The molecule has 0 heterocycles. The Morgan fingerprint density at radius 3 is 2.65 bits per heavy atom. The summed E-state index contributed by atoms with van der Waals surface area (Å²) in [4.78, 5) is 0. The largest absolute Gasteiger partial charge is 0.311 e. The van der Waals surface area contributed by atoms with E-state index in [2.05, 4.69) is 63.5 Å². The molecule has 1 aromatic rings. The molecule has 2 fully saturated rings. The average Bonchev–Trinajstić information content (AvgIpc) is 2.44. The number of halogens is 1. The summed E-state index contributed by atoms with van der Waals surface area (Å²) in [6.07, 6.45) is 10.5. The number of thioether (sulfide) groups is 1. The van der Waals surface area contributed by atoms with Gasteiger partial charge in [-0.15, -0.1) is 0 Å². The number of hydrogen-bond acceptors (Lipinski definition) is 2. The third-order valence-corrected chi connectivity index (χ3v) is 6.73. The molecule has 0 bridgehead atoms. The fraction of sp³-hybridized carbons (Fsp3) is 0.647. The monoisotopic (exact) mass is 353 g/mol.